The molecule has 0 atom stereocenters. The predicted molar refractivity (Wildman–Crippen MR) is 86.2 cm³/mol. The maximum absolute atomic E-state index is 5.84. The molecule has 2 aromatic heterocycles. The third kappa shape index (κ3) is 2.75. The monoisotopic (exact) mass is 280 g/mol. The van der Waals surface area contributed by atoms with E-state index in [0.717, 1.165) is 35.5 Å². The number of hydrogen-bond donors (Lipinski definition) is 1. The molecule has 0 bridgehead atoms. The van der Waals surface area contributed by atoms with Gasteiger partial charge in [0.2, 0.25) is 0 Å². The lowest BCUT2D eigenvalue weighted by Gasteiger charge is -2.12. The summed E-state index contributed by atoms with van der Waals surface area (Å²) in [5, 5.41) is 0. The van der Waals surface area contributed by atoms with Gasteiger partial charge in [0, 0.05) is 24.3 Å². The number of nitrogens with zero attached hydrogens (tertiary/aromatic N) is 3. The van der Waals surface area contributed by atoms with Gasteiger partial charge in [-0.1, -0.05) is 12.1 Å². The number of nitrogen functional groups attached to an aromatic ring is 1. The predicted octanol–water partition coefficient (Wildman–Crippen LogP) is 3.38. The number of hydrogen-bond acceptors (Lipinski definition) is 3. The van der Waals surface area contributed by atoms with Gasteiger partial charge in [-0.05, 0) is 50.1 Å². The molecule has 108 valence electrons. The molecule has 3 aromatic rings. The molecule has 0 aliphatic heterocycles. The fourth-order valence-corrected chi connectivity index (χ4v) is 2.70. The molecule has 4 heteroatoms. The van der Waals surface area contributed by atoms with Crippen molar-refractivity contribution in [3.05, 3.63) is 54.0 Å². The van der Waals surface area contributed by atoms with Crippen molar-refractivity contribution in [2.75, 3.05) is 5.73 Å². The van der Waals surface area contributed by atoms with Crippen LogP contribution in [0.4, 0.5) is 5.69 Å². The van der Waals surface area contributed by atoms with Gasteiger partial charge in [-0.15, -0.1) is 0 Å². The third-order valence-corrected chi connectivity index (χ3v) is 3.63. The van der Waals surface area contributed by atoms with Crippen LogP contribution < -0.4 is 5.73 Å². The number of rotatable bonds is 4. The van der Waals surface area contributed by atoms with Crippen molar-refractivity contribution < 1.29 is 0 Å². The molecule has 2 heterocycles. The third-order valence-electron chi connectivity index (χ3n) is 3.63. The van der Waals surface area contributed by atoms with Crippen LogP contribution in [0.25, 0.3) is 11.2 Å². The quantitative estimate of drug-likeness (QED) is 0.745. The van der Waals surface area contributed by atoms with Gasteiger partial charge in [-0.2, -0.15) is 0 Å². The van der Waals surface area contributed by atoms with Crippen molar-refractivity contribution in [3.63, 3.8) is 0 Å². The van der Waals surface area contributed by atoms with Gasteiger partial charge in [-0.25, -0.2) is 9.97 Å². The second kappa shape index (κ2) is 5.56. The number of imidazole rings is 1. The second-order valence-electron chi connectivity index (χ2n) is 5.58. The molecule has 4 nitrogen and oxygen atoms in total. The average Bonchev–Trinajstić information content (AvgIpc) is 2.83. The zero-order valence-electron chi connectivity index (χ0n) is 12.5. The van der Waals surface area contributed by atoms with Crippen molar-refractivity contribution in [3.8, 4) is 0 Å². The Morgan fingerprint density at radius 1 is 1.14 bits per heavy atom. The Kier molecular flexibility index (Phi) is 3.60. The van der Waals surface area contributed by atoms with E-state index in [-0.39, 0.29) is 0 Å². The highest BCUT2D eigenvalue weighted by Crippen LogP contribution is 2.20. The highest BCUT2D eigenvalue weighted by Gasteiger charge is 2.13. The van der Waals surface area contributed by atoms with E-state index < -0.39 is 0 Å². The zero-order chi connectivity index (χ0) is 14.8. The minimum atomic E-state index is 0.348. The van der Waals surface area contributed by atoms with Crippen LogP contribution in [0.2, 0.25) is 0 Å². The van der Waals surface area contributed by atoms with Crippen LogP contribution >= 0.6 is 0 Å². The maximum atomic E-state index is 5.84. The Bertz CT molecular complexity index is 758. The zero-order valence-corrected chi connectivity index (χ0v) is 12.5. The first-order valence-electron chi connectivity index (χ1n) is 7.31. The van der Waals surface area contributed by atoms with Gasteiger partial charge in [0.25, 0.3) is 0 Å². The van der Waals surface area contributed by atoms with Crippen LogP contribution in [0.3, 0.4) is 0 Å². The maximum Gasteiger partial charge on any atom is 0.160 e. The highest BCUT2D eigenvalue weighted by molar-refractivity contribution is 5.71. The van der Waals surface area contributed by atoms with Crippen molar-refractivity contribution in [1.29, 1.82) is 0 Å². The molecular formula is C17H20N4. The lowest BCUT2D eigenvalue weighted by atomic mass is 10.1. The van der Waals surface area contributed by atoms with Gasteiger partial charge in [0.05, 0.1) is 0 Å². The molecule has 1 aromatic carbocycles. The van der Waals surface area contributed by atoms with Crippen LogP contribution in [-0.4, -0.2) is 14.5 Å². The Morgan fingerprint density at radius 2 is 2.00 bits per heavy atom. The molecule has 0 spiro atoms. The van der Waals surface area contributed by atoms with Crippen molar-refractivity contribution in [2.45, 2.75) is 32.7 Å². The molecule has 0 saturated carbocycles. The van der Waals surface area contributed by atoms with Crippen LogP contribution in [0, 0.1) is 0 Å². The molecule has 21 heavy (non-hydrogen) atoms. The van der Waals surface area contributed by atoms with E-state index in [9.17, 15) is 0 Å². The normalized spacial score (nSPS) is 11.4. The summed E-state index contributed by atoms with van der Waals surface area (Å²) in [7, 11) is 0. The summed E-state index contributed by atoms with van der Waals surface area (Å²) in [5.41, 5.74) is 9.82. The molecule has 0 unspecified atom stereocenters. The molecule has 0 saturated heterocycles. The number of nitrogens with two attached hydrogens (primary N) is 1. The fourth-order valence-electron chi connectivity index (χ4n) is 2.70. The van der Waals surface area contributed by atoms with Gasteiger partial charge in [0.1, 0.15) is 11.3 Å². The summed E-state index contributed by atoms with van der Waals surface area (Å²) < 4.78 is 2.22. The Labute approximate surface area is 124 Å². The number of aromatic nitrogens is 3. The first kappa shape index (κ1) is 13.6. The standard InChI is InChI=1S/C17H20N4/c1-12(2)21-16(20-15-7-4-10-19-17(15)21)9-8-13-5-3-6-14(18)11-13/h3-7,10-12H,8-9,18H2,1-2H3. The Morgan fingerprint density at radius 3 is 2.76 bits per heavy atom. The van der Waals surface area contributed by atoms with E-state index in [4.69, 9.17) is 10.7 Å². The minimum absolute atomic E-state index is 0.348. The summed E-state index contributed by atoms with van der Waals surface area (Å²) in [6.07, 6.45) is 3.64. The topological polar surface area (TPSA) is 56.7 Å². The highest BCUT2D eigenvalue weighted by atomic mass is 15.1. The Balaban J connectivity index is 1.91. The van der Waals surface area contributed by atoms with Crippen LogP contribution in [-0.2, 0) is 12.8 Å². The van der Waals surface area contributed by atoms with Gasteiger partial charge < -0.3 is 10.3 Å². The molecule has 0 radical (unpaired) electrons. The largest absolute Gasteiger partial charge is 0.399 e. The molecule has 0 aliphatic carbocycles. The van der Waals surface area contributed by atoms with E-state index >= 15 is 0 Å². The number of benzene rings is 1. The first-order valence-corrected chi connectivity index (χ1v) is 7.31. The number of fused-ring (bicyclic) bond motifs is 1. The molecule has 3 rings (SSSR count). The molecule has 0 amide bonds. The fraction of sp³-hybridized carbons (Fsp3) is 0.294. The van der Waals surface area contributed by atoms with Crippen molar-refractivity contribution in [1.82, 2.24) is 14.5 Å². The van der Waals surface area contributed by atoms with Crippen LogP contribution in [0.5, 0.6) is 0 Å². The summed E-state index contributed by atoms with van der Waals surface area (Å²) in [4.78, 5) is 9.21. The van der Waals surface area contributed by atoms with E-state index in [2.05, 4.69) is 29.5 Å². The van der Waals surface area contributed by atoms with Gasteiger partial charge >= 0.3 is 0 Å². The number of aryl methyl sites for hydroxylation is 2. The molecule has 0 aliphatic rings. The van der Waals surface area contributed by atoms with E-state index in [1.54, 1.807) is 0 Å². The van der Waals surface area contributed by atoms with Crippen LogP contribution in [0.15, 0.2) is 42.6 Å². The van der Waals surface area contributed by atoms with E-state index in [0.29, 0.717) is 6.04 Å². The summed E-state index contributed by atoms with van der Waals surface area (Å²) in [6.45, 7) is 4.33. The smallest absolute Gasteiger partial charge is 0.160 e. The number of anilines is 1. The first-order chi connectivity index (χ1) is 10.1. The minimum Gasteiger partial charge on any atom is -0.399 e. The van der Waals surface area contributed by atoms with Crippen molar-refractivity contribution in [2.24, 2.45) is 0 Å². The average molecular weight is 280 g/mol. The van der Waals surface area contributed by atoms with Crippen LogP contribution in [0.1, 0.15) is 31.3 Å². The molecular weight excluding hydrogens is 260 g/mol. The van der Waals surface area contributed by atoms with Crippen molar-refractivity contribution >= 4 is 16.9 Å². The van der Waals surface area contributed by atoms with Gasteiger partial charge in [0.15, 0.2) is 5.65 Å². The lowest BCUT2D eigenvalue weighted by molar-refractivity contribution is 0.578. The molecule has 0 fully saturated rings. The Hall–Kier alpha value is -2.36. The summed E-state index contributed by atoms with van der Waals surface area (Å²) in [6, 6.07) is 12.3. The lowest BCUT2D eigenvalue weighted by Crippen LogP contribution is -2.08. The number of pyridine rings is 1. The molecule has 2 N–H and O–H groups in total. The SMILES string of the molecule is CC(C)n1c(CCc2cccc(N)c2)nc2cccnc21. The van der Waals surface area contributed by atoms with E-state index in [1.165, 1.54) is 5.56 Å². The van der Waals surface area contributed by atoms with E-state index in [1.807, 2.05) is 36.5 Å². The summed E-state index contributed by atoms with van der Waals surface area (Å²) >= 11 is 0. The van der Waals surface area contributed by atoms with Gasteiger partial charge in [-0.3, -0.25) is 0 Å². The summed E-state index contributed by atoms with van der Waals surface area (Å²) in [5.74, 6) is 1.08. The second-order valence-corrected chi connectivity index (χ2v) is 5.58.